The second-order valence-electron chi connectivity index (χ2n) is 2.38. The fourth-order valence-electron chi connectivity index (χ4n) is 1.12. The van der Waals surface area contributed by atoms with E-state index in [0.717, 1.165) is 12.8 Å². The zero-order valence-corrected chi connectivity index (χ0v) is 6.29. The summed E-state index contributed by atoms with van der Waals surface area (Å²) < 4.78 is 9.71. The van der Waals surface area contributed by atoms with E-state index in [1.165, 1.54) is 0 Å². The number of carbonyl (C=O) groups excluding carboxylic acids is 1. The molecular formula is C7H12O3. The van der Waals surface area contributed by atoms with Crippen LogP contribution in [0.3, 0.4) is 0 Å². The first-order valence-electron chi connectivity index (χ1n) is 3.65. The highest BCUT2D eigenvalue weighted by Crippen LogP contribution is 2.19. The van der Waals surface area contributed by atoms with Gasteiger partial charge < -0.3 is 9.47 Å². The van der Waals surface area contributed by atoms with E-state index in [2.05, 4.69) is 0 Å². The molecule has 0 spiro atoms. The van der Waals surface area contributed by atoms with Gasteiger partial charge >= 0.3 is 6.16 Å². The predicted molar refractivity (Wildman–Crippen MR) is 35.7 cm³/mol. The van der Waals surface area contributed by atoms with Crippen LogP contribution in [-0.2, 0) is 9.47 Å². The van der Waals surface area contributed by atoms with Crippen molar-refractivity contribution in [3.8, 4) is 0 Å². The molecule has 0 aliphatic carbocycles. The molecule has 1 heterocycles. The fraction of sp³-hybridized carbons (Fsp3) is 0.857. The van der Waals surface area contributed by atoms with Crippen molar-refractivity contribution in [3.63, 3.8) is 0 Å². The third kappa shape index (κ3) is 1.23. The van der Waals surface area contributed by atoms with Crippen LogP contribution in [0.15, 0.2) is 0 Å². The van der Waals surface area contributed by atoms with Crippen molar-refractivity contribution in [3.05, 3.63) is 0 Å². The predicted octanol–water partition coefficient (Wildman–Crippen LogP) is 1.71. The maximum Gasteiger partial charge on any atom is 0.509 e. The van der Waals surface area contributed by atoms with Crippen molar-refractivity contribution in [1.29, 1.82) is 0 Å². The maximum atomic E-state index is 10.5. The highest BCUT2D eigenvalue weighted by Gasteiger charge is 2.33. The molecule has 58 valence electrons. The Morgan fingerprint density at radius 1 is 1.20 bits per heavy atom. The summed E-state index contributed by atoms with van der Waals surface area (Å²) in [5, 5.41) is 0. The lowest BCUT2D eigenvalue weighted by molar-refractivity contribution is 0.115. The van der Waals surface area contributed by atoms with Gasteiger partial charge in [-0.15, -0.1) is 0 Å². The van der Waals surface area contributed by atoms with Crippen molar-refractivity contribution in [2.45, 2.75) is 38.9 Å². The largest absolute Gasteiger partial charge is 0.509 e. The van der Waals surface area contributed by atoms with Crippen molar-refractivity contribution < 1.29 is 14.3 Å². The van der Waals surface area contributed by atoms with Gasteiger partial charge in [-0.2, -0.15) is 0 Å². The first-order chi connectivity index (χ1) is 4.77. The van der Waals surface area contributed by atoms with Crippen LogP contribution in [0.4, 0.5) is 4.79 Å². The lowest BCUT2D eigenvalue weighted by Gasteiger charge is -2.09. The van der Waals surface area contributed by atoms with Crippen molar-refractivity contribution >= 4 is 6.16 Å². The van der Waals surface area contributed by atoms with E-state index in [0.29, 0.717) is 0 Å². The number of rotatable bonds is 2. The maximum absolute atomic E-state index is 10.5. The van der Waals surface area contributed by atoms with Gasteiger partial charge in [0.25, 0.3) is 0 Å². The first-order valence-corrected chi connectivity index (χ1v) is 3.65. The van der Waals surface area contributed by atoms with Gasteiger partial charge in [-0.05, 0) is 12.8 Å². The Hall–Kier alpha value is -0.730. The zero-order chi connectivity index (χ0) is 7.56. The Balaban J connectivity index is 2.48. The highest BCUT2D eigenvalue weighted by atomic mass is 16.8. The van der Waals surface area contributed by atoms with Crippen LogP contribution < -0.4 is 0 Å². The molecule has 1 unspecified atom stereocenters. The van der Waals surface area contributed by atoms with Gasteiger partial charge in [-0.1, -0.05) is 13.8 Å². The third-order valence-electron chi connectivity index (χ3n) is 1.71. The Bertz CT molecular complexity index is 119. The van der Waals surface area contributed by atoms with Gasteiger partial charge in [0.05, 0.1) is 0 Å². The molecule has 1 saturated heterocycles. The van der Waals surface area contributed by atoms with Gasteiger partial charge in [-0.3, -0.25) is 0 Å². The topological polar surface area (TPSA) is 35.5 Å². The molecule has 1 rings (SSSR count). The smallest absolute Gasteiger partial charge is 0.427 e. The zero-order valence-electron chi connectivity index (χ0n) is 6.29. The second kappa shape index (κ2) is 2.90. The van der Waals surface area contributed by atoms with Crippen LogP contribution in [0.2, 0.25) is 0 Å². The van der Waals surface area contributed by atoms with Crippen LogP contribution in [0.5, 0.6) is 0 Å². The minimum Gasteiger partial charge on any atom is -0.427 e. The molecule has 0 bridgehead atoms. The molecule has 0 N–H and O–H groups in total. The fourth-order valence-corrected chi connectivity index (χ4v) is 1.12. The molecule has 2 atom stereocenters. The quantitative estimate of drug-likeness (QED) is 0.553. The van der Waals surface area contributed by atoms with E-state index in [1.54, 1.807) is 0 Å². The van der Waals surface area contributed by atoms with E-state index >= 15 is 0 Å². The number of hydrogen-bond donors (Lipinski definition) is 0. The number of carbonyl (C=O) groups is 1. The minimum absolute atomic E-state index is 0.0162. The van der Waals surface area contributed by atoms with Crippen molar-refractivity contribution in [1.82, 2.24) is 0 Å². The summed E-state index contributed by atoms with van der Waals surface area (Å²) in [6.45, 7) is 3.96. The van der Waals surface area contributed by atoms with Crippen molar-refractivity contribution in [2.24, 2.45) is 0 Å². The molecule has 1 aliphatic heterocycles. The second-order valence-corrected chi connectivity index (χ2v) is 2.38. The molecule has 0 amide bonds. The number of ether oxygens (including phenoxy) is 2. The highest BCUT2D eigenvalue weighted by molar-refractivity contribution is 5.62. The molecule has 0 radical (unpaired) electrons. The Labute approximate surface area is 60.3 Å². The summed E-state index contributed by atoms with van der Waals surface area (Å²) >= 11 is 0. The van der Waals surface area contributed by atoms with E-state index in [9.17, 15) is 4.79 Å². The van der Waals surface area contributed by atoms with Crippen LogP contribution in [0.25, 0.3) is 0 Å². The van der Waals surface area contributed by atoms with Gasteiger partial charge in [0.15, 0.2) is 0 Å². The summed E-state index contributed by atoms with van der Waals surface area (Å²) in [6, 6.07) is 0. The molecule has 0 aromatic carbocycles. The van der Waals surface area contributed by atoms with E-state index in [1.807, 2.05) is 13.8 Å². The minimum atomic E-state index is -0.515. The molecule has 10 heavy (non-hydrogen) atoms. The van der Waals surface area contributed by atoms with Gasteiger partial charge in [0.2, 0.25) is 0 Å². The molecule has 3 nitrogen and oxygen atoms in total. The SMILES string of the molecule is CCC1OC(=O)O[C@H]1CC. The molecule has 3 heteroatoms. The summed E-state index contributed by atoms with van der Waals surface area (Å²) in [4.78, 5) is 10.5. The molecule has 0 aromatic rings. The van der Waals surface area contributed by atoms with Crippen LogP contribution in [0, 0.1) is 0 Å². The van der Waals surface area contributed by atoms with E-state index in [-0.39, 0.29) is 12.2 Å². The molecule has 1 fully saturated rings. The molecule has 0 aromatic heterocycles. The molecule has 0 saturated carbocycles. The van der Waals surface area contributed by atoms with E-state index < -0.39 is 6.16 Å². The van der Waals surface area contributed by atoms with Crippen LogP contribution >= 0.6 is 0 Å². The van der Waals surface area contributed by atoms with Crippen molar-refractivity contribution in [2.75, 3.05) is 0 Å². The van der Waals surface area contributed by atoms with Crippen LogP contribution in [0.1, 0.15) is 26.7 Å². The average Bonchev–Trinajstić information content (AvgIpc) is 2.30. The summed E-state index contributed by atoms with van der Waals surface area (Å²) in [7, 11) is 0. The Morgan fingerprint density at radius 3 is 1.90 bits per heavy atom. The number of hydrogen-bond acceptors (Lipinski definition) is 3. The summed E-state index contributed by atoms with van der Waals surface area (Å²) in [5.74, 6) is 0. The third-order valence-corrected chi connectivity index (χ3v) is 1.71. The summed E-state index contributed by atoms with van der Waals surface area (Å²) in [5.41, 5.74) is 0. The Kier molecular flexibility index (Phi) is 2.14. The first kappa shape index (κ1) is 7.38. The Morgan fingerprint density at radius 2 is 1.60 bits per heavy atom. The molecule has 1 aliphatic rings. The summed E-state index contributed by atoms with van der Waals surface area (Å²) in [6.07, 6.45) is 1.13. The lowest BCUT2D eigenvalue weighted by Crippen LogP contribution is -2.20. The van der Waals surface area contributed by atoms with Gasteiger partial charge in [-0.25, -0.2) is 4.79 Å². The van der Waals surface area contributed by atoms with E-state index in [4.69, 9.17) is 9.47 Å². The molecular weight excluding hydrogens is 132 g/mol. The lowest BCUT2D eigenvalue weighted by atomic mass is 10.1. The van der Waals surface area contributed by atoms with Gasteiger partial charge in [0, 0.05) is 0 Å². The standard InChI is InChI=1S/C7H12O3/c1-3-5-6(4-2)10-7(8)9-5/h5-6H,3-4H2,1-2H3/t5-,6?/m0/s1. The normalized spacial score (nSPS) is 31.6. The van der Waals surface area contributed by atoms with Gasteiger partial charge in [0.1, 0.15) is 12.2 Å². The average molecular weight is 144 g/mol. The number of cyclic esters (lactones) is 2. The van der Waals surface area contributed by atoms with Crippen LogP contribution in [-0.4, -0.2) is 18.4 Å². The monoisotopic (exact) mass is 144 g/mol.